The normalized spacial score (nSPS) is 11.8. The molecule has 48 heavy (non-hydrogen) atoms. The molecule has 0 radical (unpaired) electrons. The second-order valence-corrected chi connectivity index (χ2v) is 15.2. The summed E-state index contributed by atoms with van der Waals surface area (Å²) in [6, 6.07) is 0. The quantitative estimate of drug-likeness (QED) is 0.0483. The Kier molecular flexibility index (Phi) is 34.9. The zero-order valence-electron chi connectivity index (χ0n) is 33.4. The summed E-state index contributed by atoms with van der Waals surface area (Å²) >= 11 is 0. The molecule has 286 valence electrons. The second-order valence-electron chi connectivity index (χ2n) is 15.2. The van der Waals surface area contributed by atoms with Crippen LogP contribution in [0, 0.1) is 17.8 Å². The maximum Gasteiger partial charge on any atom is 0.305 e. The first kappa shape index (κ1) is 46.9. The Hall–Kier alpha value is -1.10. The van der Waals surface area contributed by atoms with Gasteiger partial charge in [-0.1, -0.05) is 163 Å². The standard InChI is InChI=1S/C43H85NO4/c1-7-12-26-39(27-13-8-2)34-36-47-42(45)32-24-20-16-18-22-30-41(38-44(6)11-5)31-23-19-17-21-25-33-43(46)48-37-35-40(28-14-9-3)29-15-10-4/h39-41H,7-38H2,1-6H3. The highest BCUT2D eigenvalue weighted by molar-refractivity contribution is 5.69. The average Bonchev–Trinajstić information content (AvgIpc) is 3.08. The second kappa shape index (κ2) is 35.7. The van der Waals surface area contributed by atoms with Gasteiger partial charge in [-0.25, -0.2) is 0 Å². The minimum atomic E-state index is 0.00588. The van der Waals surface area contributed by atoms with E-state index in [1.165, 1.54) is 135 Å². The first-order valence-electron chi connectivity index (χ1n) is 21.4. The summed E-state index contributed by atoms with van der Waals surface area (Å²) in [6.45, 7) is 14.8. The van der Waals surface area contributed by atoms with Crippen LogP contribution in [0.2, 0.25) is 0 Å². The van der Waals surface area contributed by atoms with Gasteiger partial charge in [-0.3, -0.25) is 9.59 Å². The van der Waals surface area contributed by atoms with E-state index >= 15 is 0 Å². The van der Waals surface area contributed by atoms with Crippen LogP contribution in [0.4, 0.5) is 0 Å². The van der Waals surface area contributed by atoms with Crippen molar-refractivity contribution in [1.82, 2.24) is 4.90 Å². The molecule has 0 N–H and O–H groups in total. The number of ether oxygens (including phenoxy) is 2. The van der Waals surface area contributed by atoms with Crippen LogP contribution in [0.15, 0.2) is 0 Å². The molecular formula is C43H85NO4. The summed E-state index contributed by atoms with van der Waals surface area (Å²) in [5.74, 6) is 2.23. The van der Waals surface area contributed by atoms with E-state index in [-0.39, 0.29) is 11.9 Å². The van der Waals surface area contributed by atoms with Gasteiger partial charge in [-0.15, -0.1) is 0 Å². The summed E-state index contributed by atoms with van der Waals surface area (Å²) in [7, 11) is 2.25. The number of carbonyl (C=O) groups excluding carboxylic acids is 2. The molecule has 0 spiro atoms. The molecule has 0 fully saturated rings. The molecule has 0 heterocycles. The Morgan fingerprint density at radius 3 is 1.12 bits per heavy atom. The first-order chi connectivity index (χ1) is 23.4. The summed E-state index contributed by atoms with van der Waals surface area (Å²) in [4.78, 5) is 26.9. The molecule has 0 aromatic carbocycles. The SMILES string of the molecule is CCCCC(CCCC)CCOC(=O)CCCCCCCC(CCCCCCCC(=O)OCCC(CCCC)CCCC)CN(C)CC. The van der Waals surface area contributed by atoms with E-state index in [0.29, 0.717) is 26.1 Å². The number of esters is 2. The lowest BCUT2D eigenvalue weighted by molar-refractivity contribution is -0.145. The van der Waals surface area contributed by atoms with Gasteiger partial charge in [0, 0.05) is 19.4 Å². The van der Waals surface area contributed by atoms with Crippen molar-refractivity contribution < 1.29 is 19.1 Å². The Labute approximate surface area is 300 Å². The highest BCUT2D eigenvalue weighted by atomic mass is 16.5. The van der Waals surface area contributed by atoms with Gasteiger partial charge < -0.3 is 14.4 Å². The summed E-state index contributed by atoms with van der Waals surface area (Å²) in [5, 5.41) is 0. The van der Waals surface area contributed by atoms with Crippen molar-refractivity contribution >= 4 is 11.9 Å². The number of hydrogen-bond acceptors (Lipinski definition) is 5. The van der Waals surface area contributed by atoms with Crippen LogP contribution in [0.1, 0.15) is 214 Å². The fraction of sp³-hybridized carbons (Fsp3) is 0.953. The van der Waals surface area contributed by atoms with Crippen LogP contribution in [-0.4, -0.2) is 50.2 Å². The Bertz CT molecular complexity index is 630. The Morgan fingerprint density at radius 2 is 0.771 bits per heavy atom. The molecular weight excluding hydrogens is 594 g/mol. The van der Waals surface area contributed by atoms with Crippen molar-refractivity contribution in [3.8, 4) is 0 Å². The topological polar surface area (TPSA) is 55.8 Å². The van der Waals surface area contributed by atoms with Gasteiger partial charge in [-0.2, -0.15) is 0 Å². The molecule has 0 aliphatic rings. The van der Waals surface area contributed by atoms with Crippen LogP contribution < -0.4 is 0 Å². The van der Waals surface area contributed by atoms with Gasteiger partial charge in [0.2, 0.25) is 0 Å². The predicted molar refractivity (Wildman–Crippen MR) is 208 cm³/mol. The molecule has 5 nitrogen and oxygen atoms in total. The zero-order chi connectivity index (χ0) is 35.5. The largest absolute Gasteiger partial charge is 0.466 e. The van der Waals surface area contributed by atoms with Crippen molar-refractivity contribution in [3.63, 3.8) is 0 Å². The van der Waals surface area contributed by atoms with Crippen molar-refractivity contribution in [1.29, 1.82) is 0 Å². The van der Waals surface area contributed by atoms with Gasteiger partial charge in [0.1, 0.15) is 0 Å². The molecule has 0 bridgehead atoms. The van der Waals surface area contributed by atoms with Crippen molar-refractivity contribution in [2.45, 2.75) is 214 Å². The maximum absolute atomic E-state index is 12.2. The van der Waals surface area contributed by atoms with Crippen LogP contribution in [0.3, 0.4) is 0 Å². The van der Waals surface area contributed by atoms with Gasteiger partial charge in [-0.05, 0) is 69.9 Å². The van der Waals surface area contributed by atoms with Crippen molar-refractivity contribution in [2.75, 3.05) is 33.4 Å². The Balaban J connectivity index is 4.01. The van der Waals surface area contributed by atoms with E-state index in [1.54, 1.807) is 0 Å². The number of rotatable bonds is 37. The predicted octanol–water partition coefficient (Wildman–Crippen LogP) is 12.9. The van der Waals surface area contributed by atoms with E-state index in [1.807, 2.05) is 0 Å². The molecule has 5 heteroatoms. The molecule has 0 saturated heterocycles. The lowest BCUT2D eigenvalue weighted by Gasteiger charge is -2.23. The van der Waals surface area contributed by atoms with Crippen molar-refractivity contribution in [2.24, 2.45) is 17.8 Å². The first-order valence-corrected chi connectivity index (χ1v) is 21.4. The third kappa shape index (κ3) is 30.9. The molecule has 0 rings (SSSR count). The van der Waals surface area contributed by atoms with Crippen LogP contribution in [-0.2, 0) is 19.1 Å². The summed E-state index contributed by atoms with van der Waals surface area (Å²) < 4.78 is 11.2. The number of hydrogen-bond donors (Lipinski definition) is 0. The monoisotopic (exact) mass is 680 g/mol. The van der Waals surface area contributed by atoms with Gasteiger partial charge in [0.25, 0.3) is 0 Å². The van der Waals surface area contributed by atoms with Crippen LogP contribution >= 0.6 is 0 Å². The fourth-order valence-electron chi connectivity index (χ4n) is 7.02. The molecule has 0 unspecified atom stereocenters. The molecule has 0 atom stereocenters. The van der Waals surface area contributed by atoms with Crippen LogP contribution in [0.5, 0.6) is 0 Å². The van der Waals surface area contributed by atoms with Gasteiger partial charge in [0.15, 0.2) is 0 Å². The van der Waals surface area contributed by atoms with Gasteiger partial charge in [0.05, 0.1) is 13.2 Å². The minimum Gasteiger partial charge on any atom is -0.466 e. The number of nitrogens with zero attached hydrogens (tertiary/aromatic N) is 1. The molecule has 0 aliphatic heterocycles. The highest BCUT2D eigenvalue weighted by Gasteiger charge is 2.13. The third-order valence-electron chi connectivity index (χ3n) is 10.5. The van der Waals surface area contributed by atoms with E-state index in [2.05, 4.69) is 46.6 Å². The fourth-order valence-corrected chi connectivity index (χ4v) is 7.02. The van der Waals surface area contributed by atoms with Crippen molar-refractivity contribution in [3.05, 3.63) is 0 Å². The lowest BCUT2D eigenvalue weighted by Crippen LogP contribution is -2.25. The summed E-state index contributed by atoms with van der Waals surface area (Å²) in [6.07, 6.45) is 32.9. The lowest BCUT2D eigenvalue weighted by atomic mass is 9.93. The zero-order valence-corrected chi connectivity index (χ0v) is 33.4. The molecule has 0 saturated carbocycles. The van der Waals surface area contributed by atoms with Crippen LogP contribution in [0.25, 0.3) is 0 Å². The van der Waals surface area contributed by atoms with E-state index in [0.717, 1.165) is 62.8 Å². The smallest absolute Gasteiger partial charge is 0.305 e. The van der Waals surface area contributed by atoms with E-state index in [9.17, 15) is 9.59 Å². The maximum atomic E-state index is 12.2. The number of unbranched alkanes of at least 4 members (excludes halogenated alkanes) is 12. The summed E-state index contributed by atoms with van der Waals surface area (Å²) in [5.41, 5.74) is 0. The average molecular weight is 680 g/mol. The molecule has 0 aliphatic carbocycles. The van der Waals surface area contributed by atoms with Gasteiger partial charge >= 0.3 is 11.9 Å². The Morgan fingerprint density at radius 1 is 0.438 bits per heavy atom. The highest BCUT2D eigenvalue weighted by Crippen LogP contribution is 2.23. The van der Waals surface area contributed by atoms with E-state index < -0.39 is 0 Å². The number of carbonyl (C=O) groups is 2. The molecule has 0 aromatic rings. The minimum absolute atomic E-state index is 0.00588. The molecule has 0 amide bonds. The molecule has 0 aromatic heterocycles. The van der Waals surface area contributed by atoms with E-state index in [4.69, 9.17) is 9.47 Å². The third-order valence-corrected chi connectivity index (χ3v) is 10.5.